The van der Waals surface area contributed by atoms with Gasteiger partial charge in [0, 0.05) is 20.8 Å². The molecule has 0 saturated carbocycles. The van der Waals surface area contributed by atoms with Gasteiger partial charge in [-0.15, -0.1) is 0 Å². The summed E-state index contributed by atoms with van der Waals surface area (Å²) in [7, 11) is 0. The molecule has 23 heavy (non-hydrogen) atoms. The van der Waals surface area contributed by atoms with E-state index in [-0.39, 0.29) is 23.4 Å². The van der Waals surface area contributed by atoms with Crippen LogP contribution in [0.3, 0.4) is 0 Å². The molecule has 0 spiro atoms. The Morgan fingerprint density at radius 2 is 1.09 bits per heavy atom. The molecule has 4 unspecified atom stereocenters. The molecule has 0 bridgehead atoms. The first-order chi connectivity index (χ1) is 10.4. The first-order valence-electron chi connectivity index (χ1n) is 6.17. The smallest absolute Gasteiger partial charge is 0.209 e. The summed E-state index contributed by atoms with van der Waals surface area (Å²) in [5, 5.41) is 40.3. The van der Waals surface area contributed by atoms with Crippen molar-refractivity contribution in [3.63, 3.8) is 0 Å². The zero-order valence-corrected chi connectivity index (χ0v) is 20.6. The standard InChI is InChI=1S/C13H10Br6O4/c14-8-4(2-6(20)12(18,22)10(8)16)1-5-3-7(21)13(19,23)11(17)9(5)15/h2-5,20-23H,1H2. The van der Waals surface area contributed by atoms with Gasteiger partial charge in [0.15, 0.2) is 0 Å². The number of alkyl halides is 2. The Labute approximate surface area is 183 Å². The number of hydrogen-bond acceptors (Lipinski definition) is 4. The SMILES string of the molecule is OC1=CC(CC2C=C(O)C(O)(Br)C(Br)=C2Br)C(Br)=C(Br)C1(O)Br. The van der Waals surface area contributed by atoms with E-state index in [0.717, 1.165) is 0 Å². The van der Waals surface area contributed by atoms with E-state index in [9.17, 15) is 20.4 Å². The summed E-state index contributed by atoms with van der Waals surface area (Å²) in [6.07, 6.45) is 3.53. The summed E-state index contributed by atoms with van der Waals surface area (Å²) >= 11 is 19.5. The predicted octanol–water partition coefficient (Wildman–Crippen LogP) is 5.69. The molecule has 0 saturated heterocycles. The third-order valence-corrected chi connectivity index (χ3v) is 11.3. The summed E-state index contributed by atoms with van der Waals surface area (Å²) in [6.45, 7) is 0. The van der Waals surface area contributed by atoms with Gasteiger partial charge in [-0.3, -0.25) is 0 Å². The van der Waals surface area contributed by atoms with Gasteiger partial charge in [-0.2, -0.15) is 0 Å². The summed E-state index contributed by atoms with van der Waals surface area (Å²) < 4.78 is -1.24. The molecule has 10 heteroatoms. The van der Waals surface area contributed by atoms with E-state index in [2.05, 4.69) is 95.6 Å². The molecule has 0 aromatic rings. The molecular formula is C13H10Br6O4. The topological polar surface area (TPSA) is 80.9 Å². The van der Waals surface area contributed by atoms with Gasteiger partial charge < -0.3 is 20.4 Å². The van der Waals surface area contributed by atoms with Crippen LogP contribution in [0.1, 0.15) is 6.42 Å². The normalized spacial score (nSPS) is 38.6. The zero-order chi connectivity index (χ0) is 17.7. The molecule has 4 nitrogen and oxygen atoms in total. The molecule has 0 fully saturated rings. The van der Waals surface area contributed by atoms with Crippen molar-refractivity contribution in [1.29, 1.82) is 0 Å². The van der Waals surface area contributed by atoms with Crippen LogP contribution in [0.5, 0.6) is 0 Å². The molecule has 128 valence electrons. The van der Waals surface area contributed by atoms with Crippen molar-refractivity contribution in [2.24, 2.45) is 11.8 Å². The van der Waals surface area contributed by atoms with Crippen LogP contribution in [-0.4, -0.2) is 29.4 Å². The maximum atomic E-state index is 10.2. The Bertz CT molecular complexity index is 605. The van der Waals surface area contributed by atoms with Crippen molar-refractivity contribution >= 4 is 95.6 Å². The van der Waals surface area contributed by atoms with Gasteiger partial charge in [0.05, 0.1) is 8.96 Å². The fourth-order valence-electron chi connectivity index (χ4n) is 2.23. The predicted molar refractivity (Wildman–Crippen MR) is 111 cm³/mol. The number of aliphatic hydroxyl groups excluding tert-OH is 2. The van der Waals surface area contributed by atoms with E-state index in [1.807, 2.05) is 0 Å². The Morgan fingerprint density at radius 3 is 1.39 bits per heavy atom. The van der Waals surface area contributed by atoms with Crippen LogP contribution < -0.4 is 0 Å². The van der Waals surface area contributed by atoms with Crippen molar-refractivity contribution < 1.29 is 20.4 Å². The minimum absolute atomic E-state index is 0.224. The van der Waals surface area contributed by atoms with Gasteiger partial charge >= 0.3 is 0 Å². The van der Waals surface area contributed by atoms with Crippen molar-refractivity contribution in [2.45, 2.75) is 15.4 Å². The van der Waals surface area contributed by atoms with Crippen LogP contribution in [0.25, 0.3) is 0 Å². The molecule has 4 atom stereocenters. The molecule has 0 aliphatic heterocycles. The largest absolute Gasteiger partial charge is 0.508 e. The van der Waals surface area contributed by atoms with Crippen molar-refractivity contribution in [3.8, 4) is 0 Å². The highest BCUT2D eigenvalue weighted by Gasteiger charge is 2.43. The lowest BCUT2D eigenvalue weighted by Gasteiger charge is -2.33. The second-order valence-corrected chi connectivity index (χ2v) is 10.7. The third-order valence-electron chi connectivity index (χ3n) is 3.56. The molecule has 2 rings (SSSR count). The summed E-state index contributed by atoms with van der Waals surface area (Å²) in [4.78, 5) is 0. The first-order valence-corrected chi connectivity index (χ1v) is 10.9. The zero-order valence-electron chi connectivity index (χ0n) is 11.1. The molecule has 0 aromatic heterocycles. The van der Waals surface area contributed by atoms with E-state index >= 15 is 0 Å². The van der Waals surface area contributed by atoms with Crippen LogP contribution >= 0.6 is 95.6 Å². The van der Waals surface area contributed by atoms with E-state index < -0.39 is 9.02 Å². The minimum Gasteiger partial charge on any atom is -0.508 e. The monoisotopic (exact) mass is 704 g/mol. The van der Waals surface area contributed by atoms with Crippen molar-refractivity contribution in [2.75, 3.05) is 0 Å². The molecule has 4 N–H and O–H groups in total. The second kappa shape index (κ2) is 7.17. The fourth-order valence-corrected chi connectivity index (χ4v) is 5.66. The average molecular weight is 710 g/mol. The van der Waals surface area contributed by atoms with Crippen molar-refractivity contribution in [3.05, 3.63) is 41.6 Å². The molecule has 0 radical (unpaired) electrons. The van der Waals surface area contributed by atoms with E-state index in [4.69, 9.17) is 0 Å². The lowest BCUT2D eigenvalue weighted by molar-refractivity contribution is 0.158. The van der Waals surface area contributed by atoms with Crippen LogP contribution in [0.4, 0.5) is 0 Å². The number of rotatable bonds is 2. The third kappa shape index (κ3) is 3.74. The van der Waals surface area contributed by atoms with Crippen molar-refractivity contribution in [1.82, 2.24) is 0 Å². The van der Waals surface area contributed by atoms with Gasteiger partial charge in [-0.1, -0.05) is 63.7 Å². The van der Waals surface area contributed by atoms with Gasteiger partial charge in [0.2, 0.25) is 9.02 Å². The van der Waals surface area contributed by atoms with E-state index in [1.54, 1.807) is 0 Å². The van der Waals surface area contributed by atoms with Crippen LogP contribution in [0, 0.1) is 11.8 Å². The average Bonchev–Trinajstić information content (AvgIpc) is 2.47. The Hall–Kier alpha value is 1.36. The lowest BCUT2D eigenvalue weighted by atomic mass is 9.87. The van der Waals surface area contributed by atoms with Gasteiger partial charge in [0.25, 0.3) is 0 Å². The Balaban J connectivity index is 2.34. The molecule has 0 aromatic carbocycles. The van der Waals surface area contributed by atoms with Gasteiger partial charge in [-0.25, -0.2) is 0 Å². The highest BCUT2D eigenvalue weighted by Crippen LogP contribution is 2.51. The molecular weight excluding hydrogens is 700 g/mol. The molecule has 2 aliphatic carbocycles. The number of hydrogen-bond donors (Lipinski definition) is 4. The summed E-state index contributed by atoms with van der Waals surface area (Å²) in [5.41, 5.74) is 0. The van der Waals surface area contributed by atoms with Crippen LogP contribution in [-0.2, 0) is 0 Å². The van der Waals surface area contributed by atoms with Gasteiger partial charge in [0.1, 0.15) is 11.5 Å². The first kappa shape index (κ1) is 20.7. The van der Waals surface area contributed by atoms with E-state index in [1.165, 1.54) is 12.2 Å². The number of allylic oxidation sites excluding steroid dienone is 4. The summed E-state index contributed by atoms with van der Waals surface area (Å²) in [5.74, 6) is -0.938. The maximum Gasteiger partial charge on any atom is 0.209 e. The minimum atomic E-state index is -1.66. The van der Waals surface area contributed by atoms with Crippen LogP contribution in [0.2, 0.25) is 0 Å². The molecule has 2 aliphatic rings. The quantitative estimate of drug-likeness (QED) is 0.278. The Kier molecular flexibility index (Phi) is 6.44. The highest BCUT2D eigenvalue weighted by molar-refractivity contribution is 9.16. The van der Waals surface area contributed by atoms with Crippen LogP contribution in [0.15, 0.2) is 41.6 Å². The molecule has 0 heterocycles. The molecule has 0 amide bonds. The Morgan fingerprint density at radius 1 is 0.783 bits per heavy atom. The maximum absolute atomic E-state index is 10.2. The van der Waals surface area contributed by atoms with E-state index in [0.29, 0.717) is 24.4 Å². The number of aliphatic hydroxyl groups is 4. The fraction of sp³-hybridized carbons (Fsp3) is 0.385. The summed E-state index contributed by atoms with van der Waals surface area (Å²) in [6, 6.07) is 0. The lowest BCUT2D eigenvalue weighted by Crippen LogP contribution is -2.31. The number of halogens is 6. The highest BCUT2D eigenvalue weighted by atomic mass is 79.9. The second-order valence-electron chi connectivity index (χ2n) is 5.12. The van der Waals surface area contributed by atoms with Gasteiger partial charge in [-0.05, 0) is 50.4 Å².